The van der Waals surface area contributed by atoms with E-state index in [0.717, 1.165) is 22.5 Å². The molecule has 0 radical (unpaired) electrons. The largest absolute Gasteiger partial charge is 1.00 e. The third kappa shape index (κ3) is 3.03. The van der Waals surface area contributed by atoms with Gasteiger partial charge < -0.3 is 12.1 Å². The van der Waals surface area contributed by atoms with Gasteiger partial charge in [-0.05, 0) is 11.6 Å². The summed E-state index contributed by atoms with van der Waals surface area (Å²) >= 11 is 0. The van der Waals surface area contributed by atoms with Gasteiger partial charge in [0, 0.05) is 19.7 Å². The van der Waals surface area contributed by atoms with E-state index >= 15 is 0 Å². The molecular weight excluding hydrogens is 219 g/mol. The second kappa shape index (κ2) is 6.10. The summed E-state index contributed by atoms with van der Waals surface area (Å²) in [6.07, 6.45) is 0. The first-order chi connectivity index (χ1) is 7.70. The maximum Gasteiger partial charge on any atom is 1.00 e. The molecule has 0 saturated carbocycles. The van der Waals surface area contributed by atoms with Crippen LogP contribution in [0.25, 0.3) is 11.1 Å². The standard InChI is InChI=1S/C14H16N2.Na.H/c1-16(2)13-10-6-9-12(14(13)15)11-7-4-3-5-8-11;;/h3-10H,15H2,1-2H3;;/q;+1;-1. The van der Waals surface area contributed by atoms with Crippen molar-refractivity contribution in [3.05, 3.63) is 48.5 Å². The third-order valence-corrected chi connectivity index (χ3v) is 2.65. The number of benzene rings is 2. The fourth-order valence-electron chi connectivity index (χ4n) is 1.81. The second-order valence-electron chi connectivity index (χ2n) is 4.00. The smallest absolute Gasteiger partial charge is 1.00 e. The van der Waals surface area contributed by atoms with Crippen LogP contribution in [0.1, 0.15) is 1.43 Å². The molecule has 0 aliphatic rings. The summed E-state index contributed by atoms with van der Waals surface area (Å²) in [4.78, 5) is 2.03. The van der Waals surface area contributed by atoms with Gasteiger partial charge in [-0.1, -0.05) is 42.5 Å². The first kappa shape index (κ1) is 14.1. The van der Waals surface area contributed by atoms with E-state index in [1.807, 2.05) is 49.3 Å². The molecule has 2 aromatic carbocycles. The van der Waals surface area contributed by atoms with Gasteiger partial charge in [-0.2, -0.15) is 0 Å². The fourth-order valence-corrected chi connectivity index (χ4v) is 1.81. The third-order valence-electron chi connectivity index (χ3n) is 2.65. The number of rotatable bonds is 2. The molecule has 3 heteroatoms. The molecule has 2 aromatic rings. The van der Waals surface area contributed by atoms with E-state index < -0.39 is 0 Å². The van der Waals surface area contributed by atoms with Gasteiger partial charge >= 0.3 is 29.6 Å². The summed E-state index contributed by atoms with van der Waals surface area (Å²) in [5.74, 6) is 0. The molecule has 2 rings (SSSR count). The van der Waals surface area contributed by atoms with Crippen LogP contribution in [-0.4, -0.2) is 14.1 Å². The first-order valence-electron chi connectivity index (χ1n) is 5.31. The Morgan fingerprint density at radius 2 is 1.59 bits per heavy atom. The molecule has 84 valence electrons. The molecule has 0 amide bonds. The molecule has 0 aliphatic carbocycles. The molecule has 0 saturated heterocycles. The molecule has 0 heterocycles. The topological polar surface area (TPSA) is 29.3 Å². The number of para-hydroxylation sites is 1. The van der Waals surface area contributed by atoms with Crippen molar-refractivity contribution in [2.24, 2.45) is 0 Å². The zero-order valence-corrected chi connectivity index (χ0v) is 12.6. The van der Waals surface area contributed by atoms with E-state index in [0.29, 0.717) is 0 Å². The molecule has 17 heavy (non-hydrogen) atoms. The number of nitrogens with two attached hydrogens (primary N) is 1. The molecular formula is C14H17N2Na. The minimum Gasteiger partial charge on any atom is -1.00 e. The maximum absolute atomic E-state index is 6.17. The molecule has 0 atom stereocenters. The Bertz CT molecular complexity index is 486. The number of hydrogen-bond acceptors (Lipinski definition) is 2. The van der Waals surface area contributed by atoms with E-state index in [1.165, 1.54) is 0 Å². The average Bonchev–Trinajstić information content (AvgIpc) is 2.30. The van der Waals surface area contributed by atoms with E-state index in [2.05, 4.69) is 18.2 Å². The van der Waals surface area contributed by atoms with Crippen molar-refractivity contribution in [1.29, 1.82) is 0 Å². The summed E-state index contributed by atoms with van der Waals surface area (Å²) in [5, 5.41) is 0. The summed E-state index contributed by atoms with van der Waals surface area (Å²) in [6.45, 7) is 0. The van der Waals surface area contributed by atoms with Crippen LogP contribution >= 0.6 is 0 Å². The molecule has 0 unspecified atom stereocenters. The summed E-state index contributed by atoms with van der Waals surface area (Å²) in [7, 11) is 4.00. The number of nitrogens with zero attached hydrogens (tertiary/aromatic N) is 1. The predicted octanol–water partition coefficient (Wildman–Crippen LogP) is 0.118. The fraction of sp³-hybridized carbons (Fsp3) is 0.143. The quantitative estimate of drug-likeness (QED) is 0.593. The molecule has 0 spiro atoms. The van der Waals surface area contributed by atoms with Crippen LogP contribution in [0.4, 0.5) is 11.4 Å². The molecule has 0 fully saturated rings. The Kier molecular flexibility index (Phi) is 5.06. The van der Waals surface area contributed by atoms with E-state index in [9.17, 15) is 0 Å². The molecule has 0 aromatic heterocycles. The van der Waals surface area contributed by atoms with Gasteiger partial charge in [0.1, 0.15) is 0 Å². The van der Waals surface area contributed by atoms with Gasteiger partial charge in [0.2, 0.25) is 0 Å². The van der Waals surface area contributed by atoms with Crippen molar-refractivity contribution < 1.29 is 31.0 Å². The van der Waals surface area contributed by atoms with Crippen LogP contribution in [0.5, 0.6) is 0 Å². The van der Waals surface area contributed by atoms with Crippen molar-refractivity contribution in [1.82, 2.24) is 0 Å². The Balaban J connectivity index is 0.00000144. The molecule has 2 nitrogen and oxygen atoms in total. The Morgan fingerprint density at radius 3 is 2.18 bits per heavy atom. The molecule has 2 N–H and O–H groups in total. The Hall–Kier alpha value is -0.960. The zero-order chi connectivity index (χ0) is 11.5. The SMILES string of the molecule is CN(C)c1cccc(-c2ccccc2)c1N.[H-].[Na+]. The normalized spacial score (nSPS) is 9.53. The average molecular weight is 236 g/mol. The minimum atomic E-state index is 0. The maximum atomic E-state index is 6.17. The van der Waals surface area contributed by atoms with Gasteiger partial charge in [-0.25, -0.2) is 0 Å². The van der Waals surface area contributed by atoms with Crippen LogP contribution in [-0.2, 0) is 0 Å². The van der Waals surface area contributed by atoms with Crippen LogP contribution < -0.4 is 40.2 Å². The van der Waals surface area contributed by atoms with Gasteiger partial charge in [-0.15, -0.1) is 0 Å². The van der Waals surface area contributed by atoms with E-state index in [4.69, 9.17) is 5.73 Å². The number of anilines is 2. The number of hydrogen-bond donors (Lipinski definition) is 1. The van der Waals surface area contributed by atoms with Gasteiger partial charge in [0.05, 0.1) is 11.4 Å². The summed E-state index contributed by atoms with van der Waals surface area (Å²) < 4.78 is 0. The monoisotopic (exact) mass is 236 g/mol. The Labute approximate surface area is 126 Å². The van der Waals surface area contributed by atoms with Crippen LogP contribution in [0.15, 0.2) is 48.5 Å². The van der Waals surface area contributed by atoms with Crippen molar-refractivity contribution in [3.8, 4) is 11.1 Å². The zero-order valence-electron chi connectivity index (χ0n) is 11.6. The minimum absolute atomic E-state index is 0. The van der Waals surface area contributed by atoms with Gasteiger partial charge in [0.25, 0.3) is 0 Å². The van der Waals surface area contributed by atoms with Crippen molar-refractivity contribution in [2.45, 2.75) is 0 Å². The Morgan fingerprint density at radius 1 is 0.941 bits per heavy atom. The van der Waals surface area contributed by atoms with Gasteiger partial charge in [0.15, 0.2) is 0 Å². The van der Waals surface area contributed by atoms with Crippen LogP contribution in [0.3, 0.4) is 0 Å². The molecule has 0 bridgehead atoms. The van der Waals surface area contributed by atoms with Crippen molar-refractivity contribution in [2.75, 3.05) is 24.7 Å². The van der Waals surface area contributed by atoms with Crippen molar-refractivity contribution in [3.63, 3.8) is 0 Å². The van der Waals surface area contributed by atoms with E-state index in [1.54, 1.807) is 0 Å². The van der Waals surface area contributed by atoms with E-state index in [-0.39, 0.29) is 31.0 Å². The summed E-state index contributed by atoms with van der Waals surface area (Å²) in [5.41, 5.74) is 10.3. The van der Waals surface area contributed by atoms with Gasteiger partial charge in [-0.3, -0.25) is 0 Å². The second-order valence-corrected chi connectivity index (χ2v) is 4.00. The predicted molar refractivity (Wildman–Crippen MR) is 71.7 cm³/mol. The van der Waals surface area contributed by atoms with Crippen LogP contribution in [0, 0.1) is 0 Å². The van der Waals surface area contributed by atoms with Crippen LogP contribution in [0.2, 0.25) is 0 Å². The summed E-state index contributed by atoms with van der Waals surface area (Å²) in [6, 6.07) is 16.3. The number of nitrogen functional groups attached to an aromatic ring is 1. The van der Waals surface area contributed by atoms with Crippen molar-refractivity contribution >= 4 is 11.4 Å². The first-order valence-corrected chi connectivity index (χ1v) is 5.31. The molecule has 0 aliphatic heterocycles.